The summed E-state index contributed by atoms with van der Waals surface area (Å²) in [4.78, 5) is 0. The van der Waals surface area contributed by atoms with Crippen LogP contribution in [0.1, 0.15) is 39.5 Å². The summed E-state index contributed by atoms with van der Waals surface area (Å²) in [6.45, 7) is 4.26. The molecule has 2 nitrogen and oxygen atoms in total. The minimum Gasteiger partial charge on any atom is -0.375 e. The van der Waals surface area contributed by atoms with Gasteiger partial charge < -0.3 is 10.1 Å². The summed E-state index contributed by atoms with van der Waals surface area (Å²) in [5.41, 5.74) is 0. The number of ether oxygens (including phenoxy) is 1. The molecule has 0 amide bonds. The van der Waals surface area contributed by atoms with Crippen molar-refractivity contribution in [1.82, 2.24) is 5.32 Å². The molecule has 0 aromatic heterocycles. The third-order valence-electron chi connectivity index (χ3n) is 2.89. The van der Waals surface area contributed by atoms with E-state index in [9.17, 15) is 0 Å². The molecule has 2 aliphatic rings. The van der Waals surface area contributed by atoms with Crippen molar-refractivity contribution >= 4 is 0 Å². The standard InChI is InChI=1S/C10H19NO/c1-7(2)12-10-5-8-3-4-9(6-10)11-8/h7-11H,3-6H2,1-2H3. The molecular formula is C10H19NO. The Morgan fingerprint density at radius 2 is 1.75 bits per heavy atom. The summed E-state index contributed by atoms with van der Waals surface area (Å²) in [6.07, 6.45) is 6.12. The lowest BCUT2D eigenvalue weighted by Gasteiger charge is -2.30. The van der Waals surface area contributed by atoms with Crippen molar-refractivity contribution in [2.45, 2.75) is 63.8 Å². The van der Waals surface area contributed by atoms with Gasteiger partial charge in [-0.25, -0.2) is 0 Å². The second-order valence-electron chi connectivity index (χ2n) is 4.42. The molecule has 0 radical (unpaired) electrons. The van der Waals surface area contributed by atoms with Crippen LogP contribution in [-0.4, -0.2) is 24.3 Å². The first-order valence-electron chi connectivity index (χ1n) is 5.15. The maximum absolute atomic E-state index is 5.83. The van der Waals surface area contributed by atoms with Crippen LogP contribution in [0, 0.1) is 0 Å². The van der Waals surface area contributed by atoms with E-state index in [4.69, 9.17) is 4.74 Å². The summed E-state index contributed by atoms with van der Waals surface area (Å²) in [5, 5.41) is 3.61. The third kappa shape index (κ3) is 1.80. The zero-order chi connectivity index (χ0) is 8.55. The van der Waals surface area contributed by atoms with Gasteiger partial charge in [0.1, 0.15) is 0 Å². The largest absolute Gasteiger partial charge is 0.375 e. The maximum atomic E-state index is 5.83. The van der Waals surface area contributed by atoms with E-state index in [0.29, 0.717) is 12.2 Å². The zero-order valence-electron chi connectivity index (χ0n) is 8.05. The summed E-state index contributed by atoms with van der Waals surface area (Å²) in [7, 11) is 0. The van der Waals surface area contributed by atoms with Crippen molar-refractivity contribution in [3.63, 3.8) is 0 Å². The van der Waals surface area contributed by atoms with Gasteiger partial charge in [0.15, 0.2) is 0 Å². The smallest absolute Gasteiger partial charge is 0.0608 e. The van der Waals surface area contributed by atoms with Crippen LogP contribution < -0.4 is 5.32 Å². The first-order chi connectivity index (χ1) is 5.74. The molecule has 2 rings (SSSR count). The van der Waals surface area contributed by atoms with Crippen LogP contribution in [0.15, 0.2) is 0 Å². The Bertz CT molecular complexity index is 146. The van der Waals surface area contributed by atoms with E-state index in [2.05, 4.69) is 19.2 Å². The van der Waals surface area contributed by atoms with Crippen LogP contribution in [0.25, 0.3) is 0 Å². The SMILES string of the molecule is CC(C)OC1CC2CCC(C1)N2. The lowest BCUT2D eigenvalue weighted by Crippen LogP contribution is -2.42. The highest BCUT2D eigenvalue weighted by Crippen LogP contribution is 2.28. The molecule has 12 heavy (non-hydrogen) atoms. The number of nitrogens with one attached hydrogen (secondary N) is 1. The fourth-order valence-corrected chi connectivity index (χ4v) is 2.50. The maximum Gasteiger partial charge on any atom is 0.0608 e. The van der Waals surface area contributed by atoms with Gasteiger partial charge in [0.05, 0.1) is 12.2 Å². The van der Waals surface area contributed by atoms with Gasteiger partial charge in [-0.1, -0.05) is 0 Å². The average molecular weight is 169 g/mol. The highest BCUT2D eigenvalue weighted by Gasteiger charge is 2.33. The quantitative estimate of drug-likeness (QED) is 0.679. The van der Waals surface area contributed by atoms with Crippen LogP contribution in [0.5, 0.6) is 0 Å². The van der Waals surface area contributed by atoms with Crippen LogP contribution in [0.2, 0.25) is 0 Å². The number of rotatable bonds is 2. The van der Waals surface area contributed by atoms with Crippen LogP contribution in [0.3, 0.4) is 0 Å². The average Bonchev–Trinajstić information content (AvgIpc) is 2.29. The molecule has 0 aliphatic carbocycles. The van der Waals surface area contributed by atoms with Crippen molar-refractivity contribution in [2.75, 3.05) is 0 Å². The van der Waals surface area contributed by atoms with E-state index in [0.717, 1.165) is 12.1 Å². The minimum absolute atomic E-state index is 0.396. The molecule has 70 valence electrons. The molecular weight excluding hydrogens is 150 g/mol. The molecule has 2 atom stereocenters. The van der Waals surface area contributed by atoms with Gasteiger partial charge in [0.25, 0.3) is 0 Å². The fraction of sp³-hybridized carbons (Fsp3) is 1.00. The molecule has 2 unspecified atom stereocenters. The fourth-order valence-electron chi connectivity index (χ4n) is 2.50. The van der Waals surface area contributed by atoms with Gasteiger partial charge in [-0.15, -0.1) is 0 Å². The van der Waals surface area contributed by atoms with Gasteiger partial charge in [-0.3, -0.25) is 0 Å². The predicted molar refractivity (Wildman–Crippen MR) is 49.2 cm³/mol. The van der Waals surface area contributed by atoms with E-state index in [1.165, 1.54) is 25.7 Å². The van der Waals surface area contributed by atoms with Crippen LogP contribution in [-0.2, 0) is 4.74 Å². The number of piperidine rings is 1. The Balaban J connectivity index is 1.85. The molecule has 0 saturated carbocycles. The molecule has 1 N–H and O–H groups in total. The Labute approximate surface area is 74.7 Å². The molecule has 0 aromatic rings. The molecule has 2 saturated heterocycles. The topological polar surface area (TPSA) is 21.3 Å². The van der Waals surface area contributed by atoms with Crippen LogP contribution >= 0.6 is 0 Å². The highest BCUT2D eigenvalue weighted by atomic mass is 16.5. The van der Waals surface area contributed by atoms with Gasteiger partial charge in [0.2, 0.25) is 0 Å². The number of hydrogen-bond acceptors (Lipinski definition) is 2. The lowest BCUT2D eigenvalue weighted by atomic mass is 10.0. The van der Waals surface area contributed by atoms with Crippen molar-refractivity contribution in [3.8, 4) is 0 Å². The molecule has 2 heteroatoms. The minimum atomic E-state index is 0.396. The van der Waals surface area contributed by atoms with Crippen molar-refractivity contribution < 1.29 is 4.74 Å². The van der Waals surface area contributed by atoms with Crippen molar-refractivity contribution in [1.29, 1.82) is 0 Å². The van der Waals surface area contributed by atoms with Gasteiger partial charge in [-0.05, 0) is 39.5 Å². The summed E-state index contributed by atoms with van der Waals surface area (Å²) >= 11 is 0. The number of fused-ring (bicyclic) bond motifs is 2. The zero-order valence-corrected chi connectivity index (χ0v) is 8.05. The first-order valence-corrected chi connectivity index (χ1v) is 5.15. The number of hydrogen-bond donors (Lipinski definition) is 1. The van der Waals surface area contributed by atoms with Crippen molar-refractivity contribution in [3.05, 3.63) is 0 Å². The Hall–Kier alpha value is -0.0800. The van der Waals surface area contributed by atoms with E-state index in [1.807, 2.05) is 0 Å². The van der Waals surface area contributed by atoms with E-state index < -0.39 is 0 Å². The van der Waals surface area contributed by atoms with Gasteiger partial charge >= 0.3 is 0 Å². The molecule has 2 bridgehead atoms. The molecule has 0 spiro atoms. The Morgan fingerprint density at radius 1 is 1.17 bits per heavy atom. The molecule has 0 aromatic carbocycles. The molecule has 2 heterocycles. The first kappa shape index (κ1) is 8.52. The van der Waals surface area contributed by atoms with E-state index in [1.54, 1.807) is 0 Å². The molecule has 2 aliphatic heterocycles. The van der Waals surface area contributed by atoms with E-state index >= 15 is 0 Å². The van der Waals surface area contributed by atoms with Gasteiger partial charge in [-0.2, -0.15) is 0 Å². The predicted octanol–water partition coefficient (Wildman–Crippen LogP) is 1.69. The van der Waals surface area contributed by atoms with Crippen LogP contribution in [0.4, 0.5) is 0 Å². The van der Waals surface area contributed by atoms with Gasteiger partial charge in [0, 0.05) is 12.1 Å². The monoisotopic (exact) mass is 169 g/mol. The third-order valence-corrected chi connectivity index (χ3v) is 2.89. The Kier molecular flexibility index (Phi) is 2.37. The summed E-state index contributed by atoms with van der Waals surface area (Å²) in [5.74, 6) is 0. The van der Waals surface area contributed by atoms with Crippen molar-refractivity contribution in [2.24, 2.45) is 0 Å². The second-order valence-corrected chi connectivity index (χ2v) is 4.42. The summed E-state index contributed by atoms with van der Waals surface area (Å²) < 4.78 is 5.83. The lowest BCUT2D eigenvalue weighted by molar-refractivity contribution is -0.0180. The molecule has 2 fully saturated rings. The Morgan fingerprint density at radius 3 is 2.25 bits per heavy atom. The normalized spacial score (nSPS) is 40.8. The highest BCUT2D eigenvalue weighted by molar-refractivity contribution is 4.92. The van der Waals surface area contributed by atoms with E-state index in [-0.39, 0.29) is 0 Å². The second kappa shape index (κ2) is 3.35. The summed E-state index contributed by atoms with van der Waals surface area (Å²) in [6, 6.07) is 1.51.